The maximum absolute atomic E-state index is 10.7. The van der Waals surface area contributed by atoms with Crippen LogP contribution in [0.5, 0.6) is 0 Å². The molecule has 0 fully saturated rings. The molecule has 1 N–H and O–H groups in total. The van der Waals surface area contributed by atoms with Crippen LogP contribution in [0.15, 0.2) is 12.5 Å². The molecule has 0 aliphatic rings. The molecule has 0 amide bonds. The average molecular weight is 243 g/mol. The molecule has 90 valence electrons. The van der Waals surface area contributed by atoms with Crippen LogP contribution < -0.4 is 0 Å². The standard InChI is InChI=1S/C11H9N5O2/c1-6-7(2)14-15-10(8(6)3-12)16-4-9(11(17)18)13-5-16/h4-5H,1-2H3,(H,17,18). The minimum atomic E-state index is -1.14. The summed E-state index contributed by atoms with van der Waals surface area (Å²) in [6.07, 6.45) is 2.59. The lowest BCUT2D eigenvalue weighted by molar-refractivity contribution is 0.0691. The summed E-state index contributed by atoms with van der Waals surface area (Å²) in [5.74, 6) is -0.857. The molecule has 0 aliphatic heterocycles. The molecule has 0 radical (unpaired) electrons. The molecule has 0 aliphatic carbocycles. The second-order valence-corrected chi connectivity index (χ2v) is 3.69. The highest BCUT2D eigenvalue weighted by molar-refractivity contribution is 5.85. The first-order valence-electron chi connectivity index (χ1n) is 5.06. The van der Waals surface area contributed by atoms with Crippen molar-refractivity contribution >= 4 is 5.97 Å². The minimum Gasteiger partial charge on any atom is -0.476 e. The summed E-state index contributed by atoms with van der Waals surface area (Å²) < 4.78 is 1.38. The van der Waals surface area contributed by atoms with Gasteiger partial charge in [0.2, 0.25) is 0 Å². The van der Waals surface area contributed by atoms with Crippen LogP contribution >= 0.6 is 0 Å². The smallest absolute Gasteiger partial charge is 0.356 e. The van der Waals surface area contributed by atoms with Crippen molar-refractivity contribution in [3.8, 4) is 11.9 Å². The predicted molar refractivity (Wildman–Crippen MR) is 60.3 cm³/mol. The Balaban J connectivity index is 2.61. The third-order valence-corrected chi connectivity index (χ3v) is 2.59. The number of aromatic nitrogens is 4. The third kappa shape index (κ3) is 1.80. The summed E-state index contributed by atoms with van der Waals surface area (Å²) in [5.41, 5.74) is 1.62. The number of nitriles is 1. The highest BCUT2D eigenvalue weighted by Crippen LogP contribution is 2.16. The molecule has 0 saturated heterocycles. The Morgan fingerprint density at radius 3 is 2.72 bits per heavy atom. The van der Waals surface area contributed by atoms with Gasteiger partial charge in [-0.1, -0.05) is 0 Å². The quantitative estimate of drug-likeness (QED) is 0.838. The van der Waals surface area contributed by atoms with Gasteiger partial charge in [-0.2, -0.15) is 10.4 Å². The van der Waals surface area contributed by atoms with E-state index in [4.69, 9.17) is 10.4 Å². The number of rotatable bonds is 2. The average Bonchev–Trinajstić information content (AvgIpc) is 2.82. The van der Waals surface area contributed by atoms with E-state index in [1.165, 1.54) is 17.1 Å². The summed E-state index contributed by atoms with van der Waals surface area (Å²) in [5, 5.41) is 25.8. The number of carbonyl (C=O) groups is 1. The number of hydrogen-bond acceptors (Lipinski definition) is 5. The van der Waals surface area contributed by atoms with E-state index in [-0.39, 0.29) is 11.5 Å². The number of aromatic carboxylic acids is 1. The number of hydrogen-bond donors (Lipinski definition) is 1. The molecule has 18 heavy (non-hydrogen) atoms. The summed E-state index contributed by atoms with van der Waals surface area (Å²) in [7, 11) is 0. The molecule has 7 heteroatoms. The van der Waals surface area contributed by atoms with Gasteiger partial charge in [-0.15, -0.1) is 5.10 Å². The molecular formula is C11H9N5O2. The Labute approximate surface area is 102 Å². The van der Waals surface area contributed by atoms with E-state index in [1.807, 2.05) is 6.07 Å². The Kier molecular flexibility index (Phi) is 2.77. The molecule has 0 saturated carbocycles. The Hall–Kier alpha value is -2.75. The molecule has 2 aromatic rings. The minimum absolute atomic E-state index is 0.112. The van der Waals surface area contributed by atoms with Crippen LogP contribution in [0.2, 0.25) is 0 Å². The van der Waals surface area contributed by atoms with Crippen LogP contribution in [0.3, 0.4) is 0 Å². The van der Waals surface area contributed by atoms with E-state index in [2.05, 4.69) is 15.2 Å². The van der Waals surface area contributed by atoms with E-state index >= 15 is 0 Å². The first-order chi connectivity index (χ1) is 8.54. The molecule has 0 atom stereocenters. The van der Waals surface area contributed by atoms with Gasteiger partial charge in [0.05, 0.1) is 5.69 Å². The number of imidazole rings is 1. The molecule has 0 bridgehead atoms. The van der Waals surface area contributed by atoms with Gasteiger partial charge in [0.25, 0.3) is 0 Å². The van der Waals surface area contributed by atoms with Gasteiger partial charge in [0.15, 0.2) is 11.5 Å². The number of carboxylic acids is 1. The normalized spacial score (nSPS) is 10.1. The summed E-state index contributed by atoms with van der Waals surface area (Å²) in [6, 6.07) is 2.04. The maximum atomic E-state index is 10.7. The molecule has 2 rings (SSSR count). The van der Waals surface area contributed by atoms with E-state index in [1.54, 1.807) is 13.8 Å². The third-order valence-electron chi connectivity index (χ3n) is 2.59. The van der Waals surface area contributed by atoms with Crippen molar-refractivity contribution in [2.75, 3.05) is 0 Å². The van der Waals surface area contributed by atoms with Gasteiger partial charge in [0.1, 0.15) is 18.0 Å². The van der Waals surface area contributed by atoms with Crippen LogP contribution in [0, 0.1) is 25.2 Å². The van der Waals surface area contributed by atoms with Crippen molar-refractivity contribution in [2.45, 2.75) is 13.8 Å². The first-order valence-corrected chi connectivity index (χ1v) is 5.06. The second-order valence-electron chi connectivity index (χ2n) is 3.69. The highest BCUT2D eigenvalue weighted by atomic mass is 16.4. The van der Waals surface area contributed by atoms with E-state index < -0.39 is 5.97 Å². The largest absolute Gasteiger partial charge is 0.476 e. The van der Waals surface area contributed by atoms with Crippen molar-refractivity contribution < 1.29 is 9.90 Å². The SMILES string of the molecule is Cc1nnc(-n2cnc(C(=O)O)c2)c(C#N)c1C. The van der Waals surface area contributed by atoms with Gasteiger partial charge >= 0.3 is 5.97 Å². The van der Waals surface area contributed by atoms with Crippen LogP contribution in [-0.4, -0.2) is 30.8 Å². The van der Waals surface area contributed by atoms with E-state index in [9.17, 15) is 4.79 Å². The number of carboxylic acid groups (broad SMARTS) is 1. The van der Waals surface area contributed by atoms with Crippen molar-refractivity contribution in [3.63, 3.8) is 0 Å². The van der Waals surface area contributed by atoms with Gasteiger partial charge < -0.3 is 5.11 Å². The molecule has 0 spiro atoms. The van der Waals surface area contributed by atoms with Crippen LogP contribution in [-0.2, 0) is 0 Å². The zero-order valence-electron chi connectivity index (χ0n) is 9.75. The molecule has 2 heterocycles. The Morgan fingerprint density at radius 2 is 2.17 bits per heavy atom. The summed E-state index contributed by atoms with van der Waals surface area (Å²) >= 11 is 0. The maximum Gasteiger partial charge on any atom is 0.356 e. The van der Waals surface area contributed by atoms with Gasteiger partial charge in [0, 0.05) is 6.20 Å². The van der Waals surface area contributed by atoms with Crippen molar-refractivity contribution in [2.24, 2.45) is 0 Å². The number of nitrogens with zero attached hydrogens (tertiary/aromatic N) is 5. The van der Waals surface area contributed by atoms with E-state index in [0.29, 0.717) is 16.8 Å². The molecular weight excluding hydrogens is 234 g/mol. The Morgan fingerprint density at radius 1 is 1.44 bits per heavy atom. The van der Waals surface area contributed by atoms with Crippen molar-refractivity contribution in [1.29, 1.82) is 5.26 Å². The molecule has 2 aromatic heterocycles. The molecule has 0 aromatic carbocycles. The van der Waals surface area contributed by atoms with Crippen molar-refractivity contribution in [3.05, 3.63) is 35.0 Å². The topological polar surface area (TPSA) is 105 Å². The summed E-state index contributed by atoms with van der Waals surface area (Å²) in [4.78, 5) is 14.5. The fraction of sp³-hybridized carbons (Fsp3) is 0.182. The van der Waals surface area contributed by atoms with Crippen LogP contribution in [0.4, 0.5) is 0 Å². The van der Waals surface area contributed by atoms with Crippen LogP contribution in [0.25, 0.3) is 5.82 Å². The lowest BCUT2D eigenvalue weighted by Crippen LogP contribution is -2.05. The van der Waals surface area contributed by atoms with Crippen LogP contribution in [0.1, 0.15) is 27.3 Å². The lowest BCUT2D eigenvalue weighted by atomic mass is 10.1. The molecule has 7 nitrogen and oxygen atoms in total. The highest BCUT2D eigenvalue weighted by Gasteiger charge is 2.14. The predicted octanol–water partition coefficient (Wildman–Crippen LogP) is 0.849. The fourth-order valence-electron chi connectivity index (χ4n) is 1.46. The lowest BCUT2D eigenvalue weighted by Gasteiger charge is -2.06. The zero-order chi connectivity index (χ0) is 13.3. The van der Waals surface area contributed by atoms with Gasteiger partial charge in [-0.05, 0) is 19.4 Å². The zero-order valence-corrected chi connectivity index (χ0v) is 9.75. The second kappa shape index (κ2) is 4.25. The fourth-order valence-corrected chi connectivity index (χ4v) is 1.46. The monoisotopic (exact) mass is 243 g/mol. The van der Waals surface area contributed by atoms with Gasteiger partial charge in [-0.25, -0.2) is 9.78 Å². The van der Waals surface area contributed by atoms with E-state index in [0.717, 1.165) is 0 Å². The molecule has 0 unspecified atom stereocenters. The van der Waals surface area contributed by atoms with Crippen molar-refractivity contribution in [1.82, 2.24) is 19.7 Å². The van der Waals surface area contributed by atoms with Gasteiger partial charge in [-0.3, -0.25) is 4.57 Å². The number of aryl methyl sites for hydroxylation is 1. The Bertz CT molecular complexity index is 669. The summed E-state index contributed by atoms with van der Waals surface area (Å²) in [6.45, 7) is 3.52. The first kappa shape index (κ1) is 11.7.